The average molecular weight is 593 g/mol. The molecule has 2 unspecified atom stereocenters. The second-order valence-corrected chi connectivity index (χ2v) is 15.2. The fraction of sp³-hybridized carbons (Fsp3) is 0.533. The Morgan fingerprint density at radius 3 is 2.44 bits per heavy atom. The van der Waals surface area contributed by atoms with Crippen molar-refractivity contribution in [2.75, 3.05) is 0 Å². The third-order valence-corrected chi connectivity index (χ3v) is 12.4. The molecule has 2 aromatic rings. The van der Waals surface area contributed by atoms with Gasteiger partial charge < -0.3 is 10.4 Å². The highest BCUT2D eigenvalue weighted by atomic mass is 35.5. The van der Waals surface area contributed by atoms with Gasteiger partial charge in [-0.3, -0.25) is 9.59 Å². The molecular weight excluding hydrogens is 557 g/mol. The third kappa shape index (κ3) is 6.01. The first kappa shape index (κ1) is 28.4. The number of rotatable bonds is 9. The number of nitrogens with one attached hydrogen (secondary N) is 1. The lowest BCUT2D eigenvalue weighted by molar-refractivity contribution is -0.147. The number of amides is 1. The van der Waals surface area contributed by atoms with Gasteiger partial charge in [0.05, 0.1) is 22.3 Å². The number of carboxylic acid groups (broad SMARTS) is 1. The minimum Gasteiger partial charge on any atom is -0.481 e. The summed E-state index contributed by atoms with van der Waals surface area (Å²) < 4.78 is 27.0. The standard InChI is InChI=1S/C30H35Cl2NO5S/c1-30(17-28(34)35)16-25(19-5-4-6-21(32)13-19)26(33-29(30)36)14-23(18-9-11-20(31)12-10-18)24-15-27(24)39(37,38)22-7-2-3-8-22/h4-6,9-13,22-27H,2-3,7-8,14-17H2,1H3,(H,33,36)(H,34,35)/t23-,24?,25-,26+,27?,30+/m1/s1. The molecule has 9 heteroatoms. The number of hydrogen-bond donors (Lipinski definition) is 2. The minimum absolute atomic E-state index is 0.0407. The zero-order valence-corrected chi connectivity index (χ0v) is 24.3. The molecule has 0 spiro atoms. The summed E-state index contributed by atoms with van der Waals surface area (Å²) in [5, 5.41) is 13.3. The van der Waals surface area contributed by atoms with Crippen molar-refractivity contribution in [2.24, 2.45) is 11.3 Å². The molecule has 2 saturated carbocycles. The highest BCUT2D eigenvalue weighted by Gasteiger charge is 2.55. The number of benzene rings is 2. The molecule has 0 bridgehead atoms. The van der Waals surface area contributed by atoms with E-state index in [1.807, 2.05) is 42.5 Å². The molecule has 2 aliphatic carbocycles. The van der Waals surface area contributed by atoms with Gasteiger partial charge in [0, 0.05) is 22.0 Å². The van der Waals surface area contributed by atoms with Crippen LogP contribution in [-0.2, 0) is 19.4 Å². The van der Waals surface area contributed by atoms with Gasteiger partial charge in [0.1, 0.15) is 0 Å². The fourth-order valence-corrected chi connectivity index (χ4v) is 9.93. The molecule has 2 N–H and O–H groups in total. The first-order chi connectivity index (χ1) is 18.5. The van der Waals surface area contributed by atoms with Crippen LogP contribution in [0.1, 0.15) is 81.3 Å². The molecule has 210 valence electrons. The van der Waals surface area contributed by atoms with Crippen molar-refractivity contribution in [1.82, 2.24) is 5.32 Å². The van der Waals surface area contributed by atoms with Crippen LogP contribution in [0.15, 0.2) is 48.5 Å². The topological polar surface area (TPSA) is 101 Å². The van der Waals surface area contributed by atoms with Gasteiger partial charge in [0.15, 0.2) is 9.84 Å². The van der Waals surface area contributed by atoms with E-state index in [2.05, 4.69) is 5.32 Å². The van der Waals surface area contributed by atoms with E-state index in [0.29, 0.717) is 29.3 Å². The smallest absolute Gasteiger partial charge is 0.304 e. The van der Waals surface area contributed by atoms with Gasteiger partial charge >= 0.3 is 5.97 Å². The van der Waals surface area contributed by atoms with Gasteiger partial charge in [-0.2, -0.15) is 0 Å². The maximum Gasteiger partial charge on any atom is 0.304 e. The number of aliphatic carboxylic acids is 1. The molecule has 0 radical (unpaired) electrons. The van der Waals surface area contributed by atoms with Crippen LogP contribution in [0.4, 0.5) is 0 Å². The molecule has 1 heterocycles. The maximum atomic E-state index is 13.5. The maximum absolute atomic E-state index is 13.5. The van der Waals surface area contributed by atoms with Gasteiger partial charge in [-0.05, 0) is 79.3 Å². The molecule has 6 atom stereocenters. The van der Waals surface area contributed by atoms with Gasteiger partial charge in [-0.1, -0.05) is 67.2 Å². The summed E-state index contributed by atoms with van der Waals surface area (Å²) in [4.78, 5) is 25.0. The van der Waals surface area contributed by atoms with E-state index in [-0.39, 0.29) is 46.6 Å². The lowest BCUT2D eigenvalue weighted by Crippen LogP contribution is -2.54. The summed E-state index contributed by atoms with van der Waals surface area (Å²) in [5.41, 5.74) is 0.871. The van der Waals surface area contributed by atoms with Crippen molar-refractivity contribution in [2.45, 2.75) is 86.7 Å². The van der Waals surface area contributed by atoms with E-state index in [0.717, 1.165) is 36.8 Å². The second-order valence-electron chi connectivity index (χ2n) is 11.9. The Balaban J connectivity index is 1.47. The van der Waals surface area contributed by atoms with E-state index in [4.69, 9.17) is 23.2 Å². The van der Waals surface area contributed by atoms with Crippen molar-refractivity contribution in [3.05, 3.63) is 69.7 Å². The fourth-order valence-electron chi connectivity index (χ4n) is 6.96. The number of piperidine rings is 1. The van der Waals surface area contributed by atoms with Crippen LogP contribution < -0.4 is 5.32 Å². The Bertz CT molecular complexity index is 1340. The Kier molecular flexibility index (Phi) is 8.06. The van der Waals surface area contributed by atoms with Crippen LogP contribution in [0.5, 0.6) is 0 Å². The summed E-state index contributed by atoms with van der Waals surface area (Å²) >= 11 is 12.5. The minimum atomic E-state index is -3.23. The van der Waals surface area contributed by atoms with Crippen LogP contribution in [0.2, 0.25) is 10.0 Å². The first-order valence-corrected chi connectivity index (χ1v) is 16.1. The predicted octanol–water partition coefficient (Wildman–Crippen LogP) is 6.37. The molecule has 1 aliphatic heterocycles. The molecule has 1 saturated heterocycles. The van der Waals surface area contributed by atoms with Crippen molar-refractivity contribution < 1.29 is 23.1 Å². The molecule has 5 rings (SSSR count). The summed E-state index contributed by atoms with van der Waals surface area (Å²) in [6.45, 7) is 1.70. The molecule has 3 aliphatic rings. The van der Waals surface area contributed by atoms with Crippen LogP contribution in [0, 0.1) is 11.3 Å². The highest BCUT2D eigenvalue weighted by molar-refractivity contribution is 7.93. The van der Waals surface area contributed by atoms with Gasteiger partial charge in [0.25, 0.3) is 0 Å². The number of sulfone groups is 1. The molecule has 3 fully saturated rings. The number of carbonyl (C=O) groups excluding carboxylic acids is 1. The van der Waals surface area contributed by atoms with Crippen molar-refractivity contribution >= 4 is 44.9 Å². The zero-order chi connectivity index (χ0) is 27.9. The summed E-state index contributed by atoms with van der Waals surface area (Å²) in [5.74, 6) is -1.62. The Morgan fingerprint density at radius 2 is 1.79 bits per heavy atom. The first-order valence-electron chi connectivity index (χ1n) is 13.7. The summed E-state index contributed by atoms with van der Waals surface area (Å²) in [7, 11) is -3.23. The summed E-state index contributed by atoms with van der Waals surface area (Å²) in [6.07, 6.45) is 4.66. The van der Waals surface area contributed by atoms with Crippen LogP contribution in [-0.4, -0.2) is 41.9 Å². The van der Waals surface area contributed by atoms with E-state index >= 15 is 0 Å². The van der Waals surface area contributed by atoms with Crippen molar-refractivity contribution in [1.29, 1.82) is 0 Å². The normalized spacial score (nSPS) is 30.1. The van der Waals surface area contributed by atoms with Crippen molar-refractivity contribution in [3.8, 4) is 0 Å². The van der Waals surface area contributed by atoms with E-state index in [1.54, 1.807) is 13.0 Å². The van der Waals surface area contributed by atoms with Gasteiger partial charge in [-0.25, -0.2) is 8.42 Å². The van der Waals surface area contributed by atoms with Crippen LogP contribution in [0.25, 0.3) is 0 Å². The van der Waals surface area contributed by atoms with Crippen LogP contribution in [0.3, 0.4) is 0 Å². The Morgan fingerprint density at radius 1 is 1.10 bits per heavy atom. The molecule has 2 aromatic carbocycles. The van der Waals surface area contributed by atoms with Gasteiger partial charge in [0.2, 0.25) is 5.91 Å². The number of carboxylic acids is 1. The number of hydrogen-bond acceptors (Lipinski definition) is 4. The largest absolute Gasteiger partial charge is 0.481 e. The average Bonchev–Trinajstić information content (AvgIpc) is 3.48. The molecule has 0 aromatic heterocycles. The third-order valence-electron chi connectivity index (χ3n) is 9.13. The zero-order valence-electron chi connectivity index (χ0n) is 22.0. The predicted molar refractivity (Wildman–Crippen MR) is 153 cm³/mol. The quantitative estimate of drug-likeness (QED) is 0.353. The van der Waals surface area contributed by atoms with E-state index < -0.39 is 21.2 Å². The van der Waals surface area contributed by atoms with Crippen LogP contribution >= 0.6 is 23.2 Å². The monoisotopic (exact) mass is 591 g/mol. The molecule has 1 amide bonds. The molecular formula is C30H35Cl2NO5S. The summed E-state index contributed by atoms with van der Waals surface area (Å²) in [6, 6.07) is 14.7. The van der Waals surface area contributed by atoms with Gasteiger partial charge in [-0.15, -0.1) is 0 Å². The lowest BCUT2D eigenvalue weighted by Gasteiger charge is -2.43. The highest BCUT2D eigenvalue weighted by Crippen LogP contribution is 2.53. The Hall–Kier alpha value is -2.09. The van der Waals surface area contributed by atoms with E-state index in [9.17, 15) is 23.1 Å². The number of carbonyl (C=O) groups is 2. The van der Waals surface area contributed by atoms with E-state index in [1.165, 1.54) is 0 Å². The van der Waals surface area contributed by atoms with Crippen molar-refractivity contribution in [3.63, 3.8) is 0 Å². The second kappa shape index (κ2) is 11.1. The number of halogens is 2. The lowest BCUT2D eigenvalue weighted by atomic mass is 9.68. The Labute approximate surface area is 240 Å². The molecule has 39 heavy (non-hydrogen) atoms. The molecule has 6 nitrogen and oxygen atoms in total. The SMILES string of the molecule is C[C@@]1(CC(=O)O)C[C@H](c2cccc(Cl)c2)[C@H](C[C@H](c2ccc(Cl)cc2)C2CC2S(=O)(=O)C2CCCC2)NC1=O.